The van der Waals surface area contributed by atoms with Gasteiger partial charge in [0.05, 0.1) is 4.75 Å². The third kappa shape index (κ3) is 8.34. The lowest BCUT2D eigenvalue weighted by Gasteiger charge is -2.33. The molecule has 1 amide bonds. The Balaban J connectivity index is 0.00000277. The fourth-order valence-corrected chi connectivity index (χ4v) is 3.14. The lowest BCUT2D eigenvalue weighted by Crippen LogP contribution is -2.45. The third-order valence-electron chi connectivity index (χ3n) is 3.71. The molecule has 2 unspecified atom stereocenters. The molecular formula is C19H38N2O3S. The monoisotopic (exact) mass is 374 g/mol. The van der Waals surface area contributed by atoms with Crippen LogP contribution < -0.4 is 0 Å². The van der Waals surface area contributed by atoms with Crippen LogP contribution in [0.2, 0.25) is 0 Å². The molecule has 0 radical (unpaired) electrons. The van der Waals surface area contributed by atoms with E-state index in [0.717, 1.165) is 12.8 Å². The first-order valence-corrected chi connectivity index (χ1v) is 10.3. The smallest absolute Gasteiger partial charge is 0.410 e. The molecule has 5 nitrogen and oxygen atoms in total. The molecule has 0 bridgehead atoms. The van der Waals surface area contributed by atoms with E-state index < -0.39 is 16.6 Å². The first kappa shape index (κ1) is 24.1. The highest BCUT2D eigenvalue weighted by Gasteiger charge is 2.42. The molecule has 6 heteroatoms. The Kier molecular flexibility index (Phi) is 8.82. The maximum atomic E-state index is 12.4. The van der Waals surface area contributed by atoms with Crippen LogP contribution >= 0.6 is 0 Å². The first-order chi connectivity index (χ1) is 11.2. The van der Waals surface area contributed by atoms with Crippen LogP contribution in [0.15, 0.2) is 4.40 Å². The molecule has 1 fully saturated rings. The van der Waals surface area contributed by atoms with Gasteiger partial charge in [-0.05, 0) is 74.1 Å². The van der Waals surface area contributed by atoms with Gasteiger partial charge in [-0.2, -0.15) is 4.40 Å². The minimum atomic E-state index is -1.22. The van der Waals surface area contributed by atoms with Gasteiger partial charge < -0.3 is 9.64 Å². The van der Waals surface area contributed by atoms with Crippen molar-refractivity contribution in [1.29, 1.82) is 0 Å². The second-order valence-electron chi connectivity index (χ2n) is 8.86. The van der Waals surface area contributed by atoms with E-state index in [4.69, 9.17) is 4.74 Å². The maximum absolute atomic E-state index is 12.4. The van der Waals surface area contributed by atoms with Crippen molar-refractivity contribution in [2.45, 2.75) is 98.0 Å². The summed E-state index contributed by atoms with van der Waals surface area (Å²) in [5, 5.41) is 0. The second-order valence-corrected chi connectivity index (χ2v) is 10.8. The topological polar surface area (TPSA) is 59.0 Å². The number of nitrogens with zero attached hydrogens (tertiary/aromatic N) is 2. The first-order valence-electron chi connectivity index (χ1n) is 9.17. The lowest BCUT2D eigenvalue weighted by atomic mass is 9.95. The van der Waals surface area contributed by atoms with Crippen molar-refractivity contribution in [2.75, 3.05) is 6.54 Å². The summed E-state index contributed by atoms with van der Waals surface area (Å²) in [6.07, 6.45) is 3.10. The van der Waals surface area contributed by atoms with Gasteiger partial charge in [-0.3, -0.25) is 0 Å². The van der Waals surface area contributed by atoms with Crippen LogP contribution in [0, 0.1) is 5.92 Å². The van der Waals surface area contributed by atoms with E-state index in [0.29, 0.717) is 12.5 Å². The van der Waals surface area contributed by atoms with Gasteiger partial charge in [0.15, 0.2) is 0 Å². The molecule has 0 N–H and O–H groups in total. The largest absolute Gasteiger partial charge is 0.444 e. The predicted molar refractivity (Wildman–Crippen MR) is 107 cm³/mol. The van der Waals surface area contributed by atoms with E-state index in [2.05, 4.69) is 18.2 Å². The van der Waals surface area contributed by atoms with Gasteiger partial charge in [-0.15, -0.1) is 0 Å². The van der Waals surface area contributed by atoms with E-state index >= 15 is 0 Å². The summed E-state index contributed by atoms with van der Waals surface area (Å²) in [6, 6.07) is 0. The van der Waals surface area contributed by atoms with Crippen molar-refractivity contribution in [2.24, 2.45) is 10.3 Å². The lowest BCUT2D eigenvalue weighted by molar-refractivity contribution is 0.0131. The van der Waals surface area contributed by atoms with Gasteiger partial charge in [0.25, 0.3) is 0 Å². The van der Waals surface area contributed by atoms with Gasteiger partial charge >= 0.3 is 6.09 Å². The molecule has 1 aliphatic rings. The standard InChI is InChI=1S/C17H32N2O3S.C2H6/c1-15(2,3)22-14(20)19-12-13(11-17(19,7)8)9-10-18-23(21)16(4,5)6;1-2/h10,13H,9,11-12H2,1-8H3;1-2H3/b18-10+;. The van der Waals surface area contributed by atoms with Gasteiger partial charge in [0, 0.05) is 18.3 Å². The zero-order chi connectivity index (χ0) is 20.1. The van der Waals surface area contributed by atoms with Crippen molar-refractivity contribution >= 4 is 23.3 Å². The highest BCUT2D eigenvalue weighted by molar-refractivity contribution is 7.85. The fraction of sp³-hybridized carbons (Fsp3) is 0.895. The van der Waals surface area contributed by atoms with E-state index in [1.807, 2.05) is 55.4 Å². The number of amides is 1. The molecule has 0 aromatic carbocycles. The van der Waals surface area contributed by atoms with Crippen molar-refractivity contribution in [3.8, 4) is 0 Å². The number of ether oxygens (including phenoxy) is 1. The third-order valence-corrected chi connectivity index (χ3v) is 5.09. The van der Waals surface area contributed by atoms with Gasteiger partial charge in [-0.1, -0.05) is 13.8 Å². The zero-order valence-electron chi connectivity index (χ0n) is 17.8. The molecule has 25 heavy (non-hydrogen) atoms. The van der Waals surface area contributed by atoms with E-state index in [-0.39, 0.29) is 16.4 Å². The molecule has 0 spiro atoms. The Morgan fingerprint density at radius 2 is 1.76 bits per heavy atom. The molecule has 1 rings (SSSR count). The second kappa shape index (κ2) is 9.15. The average molecular weight is 375 g/mol. The van der Waals surface area contributed by atoms with Crippen LogP contribution in [0.4, 0.5) is 4.79 Å². The number of hydrogen-bond acceptors (Lipinski definition) is 3. The van der Waals surface area contributed by atoms with Crippen LogP contribution in [0.5, 0.6) is 0 Å². The maximum Gasteiger partial charge on any atom is 0.410 e. The van der Waals surface area contributed by atoms with E-state index in [1.54, 1.807) is 11.1 Å². The Morgan fingerprint density at radius 1 is 1.24 bits per heavy atom. The fourth-order valence-electron chi connectivity index (χ4n) is 2.60. The molecule has 0 saturated carbocycles. The molecular weight excluding hydrogens is 336 g/mol. The molecule has 148 valence electrons. The normalized spacial score (nSPS) is 21.7. The number of hydrogen-bond donors (Lipinski definition) is 0. The predicted octanol–water partition coefficient (Wildman–Crippen LogP) is 4.97. The van der Waals surface area contributed by atoms with Crippen molar-refractivity contribution < 1.29 is 13.7 Å². The Labute approximate surface area is 157 Å². The molecule has 0 aromatic heterocycles. The summed E-state index contributed by atoms with van der Waals surface area (Å²) < 4.78 is 21.2. The number of carbonyl (C=O) groups excluding carboxylic acids is 1. The van der Waals surface area contributed by atoms with Crippen LogP contribution in [-0.4, -0.2) is 43.8 Å². The zero-order valence-corrected chi connectivity index (χ0v) is 18.6. The number of carbonyl (C=O) groups is 1. The van der Waals surface area contributed by atoms with E-state index in [1.165, 1.54) is 0 Å². The summed E-state index contributed by atoms with van der Waals surface area (Å²) in [5.41, 5.74) is -0.722. The summed E-state index contributed by atoms with van der Waals surface area (Å²) in [5.74, 6) is 0.318. The molecule has 2 atom stereocenters. The van der Waals surface area contributed by atoms with Crippen LogP contribution in [0.1, 0.15) is 82.1 Å². The summed E-state index contributed by atoms with van der Waals surface area (Å²) in [4.78, 5) is 14.2. The van der Waals surface area contributed by atoms with Gasteiger partial charge in [0.1, 0.15) is 16.6 Å². The SMILES string of the molecule is CC.CC(C)(C)OC(=O)N1CC(C/C=N/S(=O)C(C)(C)C)CC1(C)C. The van der Waals surface area contributed by atoms with E-state index in [9.17, 15) is 9.00 Å². The van der Waals surface area contributed by atoms with Crippen LogP contribution in [-0.2, 0) is 15.7 Å². The number of rotatable bonds is 3. The minimum absolute atomic E-state index is 0.232. The van der Waals surface area contributed by atoms with Crippen LogP contribution in [0.25, 0.3) is 0 Å². The minimum Gasteiger partial charge on any atom is -0.444 e. The summed E-state index contributed by atoms with van der Waals surface area (Å²) in [6.45, 7) is 20.1. The Morgan fingerprint density at radius 3 is 2.20 bits per heavy atom. The quantitative estimate of drug-likeness (QED) is 0.655. The van der Waals surface area contributed by atoms with Gasteiger partial charge in [0.2, 0.25) is 0 Å². The molecule has 0 aromatic rings. The summed E-state index contributed by atoms with van der Waals surface area (Å²) >= 11 is 0. The highest BCUT2D eigenvalue weighted by atomic mass is 32.2. The molecule has 0 aliphatic carbocycles. The van der Waals surface area contributed by atoms with Gasteiger partial charge in [-0.25, -0.2) is 9.00 Å². The molecule has 1 aliphatic heterocycles. The Hall–Kier alpha value is -0.910. The highest BCUT2D eigenvalue weighted by Crippen LogP contribution is 2.35. The molecule has 1 heterocycles. The number of likely N-dealkylation sites (tertiary alicyclic amines) is 1. The van der Waals surface area contributed by atoms with Crippen molar-refractivity contribution in [3.05, 3.63) is 0 Å². The van der Waals surface area contributed by atoms with Crippen molar-refractivity contribution in [3.63, 3.8) is 0 Å². The Bertz CT molecular complexity index is 488. The summed E-state index contributed by atoms with van der Waals surface area (Å²) in [7, 11) is -1.22. The van der Waals surface area contributed by atoms with Crippen molar-refractivity contribution in [1.82, 2.24) is 4.90 Å². The average Bonchev–Trinajstić information content (AvgIpc) is 2.73. The van der Waals surface area contributed by atoms with Crippen LogP contribution in [0.3, 0.4) is 0 Å². The molecule has 1 saturated heterocycles.